The molecule has 0 aliphatic rings. The summed E-state index contributed by atoms with van der Waals surface area (Å²) in [6.45, 7) is -1.23. The molecule has 2 aromatic rings. The van der Waals surface area contributed by atoms with Gasteiger partial charge in [-0.15, -0.1) is 0 Å². The number of benzene rings is 2. The first-order valence-electron chi connectivity index (χ1n) is 6.63. The van der Waals surface area contributed by atoms with Crippen molar-refractivity contribution in [1.82, 2.24) is 0 Å². The van der Waals surface area contributed by atoms with Crippen molar-refractivity contribution in [2.45, 2.75) is 19.0 Å². The molecular formula is C16H13BrF4O2. The highest BCUT2D eigenvalue weighted by Crippen LogP contribution is 2.33. The molecule has 2 aromatic carbocycles. The van der Waals surface area contributed by atoms with E-state index in [1.165, 1.54) is 12.1 Å². The molecule has 124 valence electrons. The Morgan fingerprint density at radius 3 is 2.30 bits per heavy atom. The van der Waals surface area contributed by atoms with E-state index in [9.17, 15) is 17.6 Å². The maximum atomic E-state index is 13.0. The summed E-state index contributed by atoms with van der Waals surface area (Å²) in [5, 5.41) is 0. The van der Waals surface area contributed by atoms with Gasteiger partial charge in [-0.3, -0.25) is 0 Å². The third-order valence-corrected chi connectivity index (χ3v) is 3.38. The molecule has 0 saturated carbocycles. The monoisotopic (exact) mass is 392 g/mol. The quantitative estimate of drug-likeness (QED) is 0.594. The van der Waals surface area contributed by atoms with Crippen LogP contribution in [-0.4, -0.2) is 19.0 Å². The van der Waals surface area contributed by atoms with Crippen molar-refractivity contribution < 1.29 is 27.0 Å². The average molecular weight is 393 g/mol. The summed E-state index contributed by atoms with van der Waals surface area (Å²) >= 11 is 3.23. The number of rotatable bonds is 7. The molecule has 0 aliphatic carbocycles. The smallest absolute Gasteiger partial charge is 0.340 e. The van der Waals surface area contributed by atoms with Crippen LogP contribution in [0.3, 0.4) is 0 Å². The molecule has 0 amide bonds. The predicted octanol–water partition coefficient (Wildman–Crippen LogP) is 5.31. The Kier molecular flexibility index (Phi) is 5.87. The van der Waals surface area contributed by atoms with Crippen molar-refractivity contribution in [3.05, 3.63) is 58.6 Å². The van der Waals surface area contributed by atoms with E-state index in [1.807, 2.05) is 30.3 Å². The van der Waals surface area contributed by atoms with Crippen LogP contribution in [0, 0.1) is 0 Å². The van der Waals surface area contributed by atoms with Crippen LogP contribution in [0.4, 0.5) is 17.6 Å². The van der Waals surface area contributed by atoms with Crippen molar-refractivity contribution in [2.24, 2.45) is 0 Å². The number of ether oxygens (including phenoxy) is 2. The Morgan fingerprint density at radius 2 is 1.65 bits per heavy atom. The number of alkyl halides is 4. The molecule has 0 radical (unpaired) electrons. The van der Waals surface area contributed by atoms with Crippen molar-refractivity contribution in [1.29, 1.82) is 0 Å². The van der Waals surface area contributed by atoms with Gasteiger partial charge in [-0.05, 0) is 23.8 Å². The zero-order valence-electron chi connectivity index (χ0n) is 11.8. The molecule has 0 unspecified atom stereocenters. The molecule has 0 heterocycles. The molecule has 0 fully saturated rings. The van der Waals surface area contributed by atoms with Crippen molar-refractivity contribution in [3.8, 4) is 11.5 Å². The van der Waals surface area contributed by atoms with Gasteiger partial charge in [0.05, 0.1) is 0 Å². The molecule has 0 saturated heterocycles. The summed E-state index contributed by atoms with van der Waals surface area (Å²) < 4.78 is 61.3. The molecule has 23 heavy (non-hydrogen) atoms. The summed E-state index contributed by atoms with van der Waals surface area (Å²) in [5.74, 6) is -4.05. The maximum absolute atomic E-state index is 13.0. The fraction of sp³-hybridized carbons (Fsp3) is 0.250. The summed E-state index contributed by atoms with van der Waals surface area (Å²) in [6, 6.07) is 13.6. The standard InChI is InChI=1S/C16H13BrF4O2/c17-12-6-7-13(23-10-16(20,21)15(18)19)14(8-12)22-9-11-4-2-1-3-5-11/h1-8,15H,9-10H2. The molecule has 0 spiro atoms. The Balaban J connectivity index is 2.08. The van der Waals surface area contributed by atoms with E-state index in [0.717, 1.165) is 5.56 Å². The molecule has 7 heteroatoms. The van der Waals surface area contributed by atoms with Crippen LogP contribution in [0.15, 0.2) is 53.0 Å². The van der Waals surface area contributed by atoms with Crippen LogP contribution in [0.5, 0.6) is 11.5 Å². The minimum absolute atomic E-state index is 0.0237. The normalized spacial score (nSPS) is 11.6. The minimum Gasteiger partial charge on any atom is -0.485 e. The second-order valence-electron chi connectivity index (χ2n) is 4.72. The summed E-state index contributed by atoms with van der Waals surface area (Å²) in [5.41, 5.74) is 0.872. The van der Waals surface area contributed by atoms with Crippen LogP contribution in [0.25, 0.3) is 0 Å². The third kappa shape index (κ3) is 5.13. The van der Waals surface area contributed by atoms with E-state index in [4.69, 9.17) is 9.47 Å². The SMILES string of the molecule is FC(F)C(F)(F)COc1ccc(Br)cc1OCc1ccccc1. The van der Waals surface area contributed by atoms with Crippen LogP contribution >= 0.6 is 15.9 Å². The Hall–Kier alpha value is -1.76. The highest BCUT2D eigenvalue weighted by molar-refractivity contribution is 9.10. The van der Waals surface area contributed by atoms with Crippen LogP contribution in [0.2, 0.25) is 0 Å². The van der Waals surface area contributed by atoms with Gasteiger partial charge in [-0.1, -0.05) is 46.3 Å². The molecule has 0 aromatic heterocycles. The average Bonchev–Trinajstić information content (AvgIpc) is 2.53. The molecular weight excluding hydrogens is 380 g/mol. The van der Waals surface area contributed by atoms with Gasteiger partial charge in [0, 0.05) is 4.47 Å². The number of hydrogen-bond donors (Lipinski definition) is 0. The van der Waals surface area contributed by atoms with E-state index in [-0.39, 0.29) is 18.1 Å². The predicted molar refractivity (Wildman–Crippen MR) is 81.4 cm³/mol. The lowest BCUT2D eigenvalue weighted by molar-refractivity contribution is -0.148. The van der Waals surface area contributed by atoms with Crippen LogP contribution in [0.1, 0.15) is 5.56 Å². The van der Waals surface area contributed by atoms with E-state index >= 15 is 0 Å². The fourth-order valence-electron chi connectivity index (χ4n) is 1.69. The largest absolute Gasteiger partial charge is 0.485 e. The van der Waals surface area contributed by atoms with Gasteiger partial charge >= 0.3 is 12.3 Å². The molecule has 2 nitrogen and oxygen atoms in total. The van der Waals surface area contributed by atoms with Crippen molar-refractivity contribution in [3.63, 3.8) is 0 Å². The molecule has 0 bridgehead atoms. The van der Waals surface area contributed by atoms with Gasteiger partial charge in [0.15, 0.2) is 18.1 Å². The van der Waals surface area contributed by atoms with Crippen LogP contribution < -0.4 is 9.47 Å². The topological polar surface area (TPSA) is 18.5 Å². The Labute approximate surface area is 139 Å². The van der Waals surface area contributed by atoms with Crippen molar-refractivity contribution in [2.75, 3.05) is 6.61 Å². The summed E-state index contributed by atoms with van der Waals surface area (Å²) in [6.07, 6.45) is -3.79. The fourth-order valence-corrected chi connectivity index (χ4v) is 2.03. The second-order valence-corrected chi connectivity index (χ2v) is 5.63. The van der Waals surface area contributed by atoms with Gasteiger partial charge in [0.1, 0.15) is 6.61 Å². The second kappa shape index (κ2) is 7.68. The lowest BCUT2D eigenvalue weighted by Crippen LogP contribution is -2.33. The number of hydrogen-bond acceptors (Lipinski definition) is 2. The van der Waals surface area contributed by atoms with Gasteiger partial charge in [0.25, 0.3) is 0 Å². The first-order chi connectivity index (χ1) is 10.9. The van der Waals surface area contributed by atoms with Gasteiger partial charge in [-0.25, -0.2) is 8.78 Å². The Morgan fingerprint density at radius 1 is 0.957 bits per heavy atom. The zero-order chi connectivity index (χ0) is 16.9. The highest BCUT2D eigenvalue weighted by Gasteiger charge is 2.41. The summed E-state index contributed by atoms with van der Waals surface area (Å²) in [7, 11) is 0. The van der Waals surface area contributed by atoms with Gasteiger partial charge < -0.3 is 9.47 Å². The number of halogens is 5. The zero-order valence-corrected chi connectivity index (χ0v) is 13.4. The van der Waals surface area contributed by atoms with E-state index < -0.39 is 19.0 Å². The third-order valence-electron chi connectivity index (χ3n) is 2.88. The molecule has 0 atom stereocenters. The minimum atomic E-state index is -4.22. The van der Waals surface area contributed by atoms with E-state index in [1.54, 1.807) is 6.07 Å². The van der Waals surface area contributed by atoms with Gasteiger partial charge in [0.2, 0.25) is 0 Å². The van der Waals surface area contributed by atoms with Gasteiger partial charge in [-0.2, -0.15) is 8.78 Å². The van der Waals surface area contributed by atoms with Crippen molar-refractivity contribution >= 4 is 15.9 Å². The van der Waals surface area contributed by atoms with E-state index in [0.29, 0.717) is 4.47 Å². The lowest BCUT2D eigenvalue weighted by Gasteiger charge is -2.18. The summed E-state index contributed by atoms with van der Waals surface area (Å²) in [4.78, 5) is 0. The molecule has 2 rings (SSSR count). The highest BCUT2D eigenvalue weighted by atomic mass is 79.9. The maximum Gasteiger partial charge on any atom is 0.340 e. The first kappa shape index (κ1) is 17.6. The first-order valence-corrected chi connectivity index (χ1v) is 7.43. The van der Waals surface area contributed by atoms with E-state index in [2.05, 4.69) is 15.9 Å². The molecule has 0 N–H and O–H groups in total. The molecule has 0 aliphatic heterocycles. The van der Waals surface area contributed by atoms with Crippen LogP contribution in [-0.2, 0) is 6.61 Å². The Bertz CT molecular complexity index is 635. The lowest BCUT2D eigenvalue weighted by atomic mass is 10.2.